The molecule has 1 aliphatic carbocycles. The van der Waals surface area contributed by atoms with Crippen LogP contribution in [0.5, 0.6) is 0 Å². The van der Waals surface area contributed by atoms with Gasteiger partial charge in [0.15, 0.2) is 0 Å². The third-order valence-corrected chi connectivity index (χ3v) is 7.40. The van der Waals surface area contributed by atoms with Crippen LogP contribution in [0.2, 0.25) is 0 Å². The van der Waals surface area contributed by atoms with Crippen LogP contribution in [0.25, 0.3) is 0 Å². The third-order valence-electron chi connectivity index (χ3n) is 4.98. The molecule has 1 saturated carbocycles. The average Bonchev–Trinajstić information content (AvgIpc) is 3.08. The zero-order chi connectivity index (χ0) is 14.2. The number of Topliss-reactive ketones (excluding diaryl/α,β-unsaturated/α-hetero) is 1. The molecule has 0 N–H and O–H groups in total. The van der Waals surface area contributed by atoms with Crippen molar-refractivity contribution in [1.29, 1.82) is 0 Å². The van der Waals surface area contributed by atoms with Crippen LogP contribution in [0.1, 0.15) is 44.9 Å². The summed E-state index contributed by atoms with van der Waals surface area (Å²) in [5.74, 6) is 0.219. The van der Waals surface area contributed by atoms with Crippen molar-refractivity contribution in [3.05, 3.63) is 0 Å². The Hall–Kier alpha value is -0.460. The molecule has 0 spiro atoms. The highest BCUT2D eigenvalue weighted by Crippen LogP contribution is 2.36. The molecule has 114 valence electrons. The molecule has 5 nitrogen and oxygen atoms in total. The maximum absolute atomic E-state index is 12.8. The van der Waals surface area contributed by atoms with Gasteiger partial charge in [0.05, 0.1) is 5.25 Å². The van der Waals surface area contributed by atoms with Gasteiger partial charge in [-0.3, -0.25) is 4.79 Å². The maximum atomic E-state index is 12.8. The van der Waals surface area contributed by atoms with Gasteiger partial charge in [-0.15, -0.1) is 0 Å². The number of hydrogen-bond donors (Lipinski definition) is 0. The highest BCUT2D eigenvalue weighted by molar-refractivity contribution is 7.89. The van der Waals surface area contributed by atoms with E-state index in [-0.39, 0.29) is 23.0 Å². The fourth-order valence-corrected chi connectivity index (χ4v) is 6.08. The first-order chi connectivity index (χ1) is 9.60. The first kappa shape index (κ1) is 14.5. The highest BCUT2D eigenvalue weighted by atomic mass is 32.2. The summed E-state index contributed by atoms with van der Waals surface area (Å²) in [6.07, 6.45) is 5.32. The zero-order valence-corrected chi connectivity index (χ0v) is 12.6. The van der Waals surface area contributed by atoms with Crippen molar-refractivity contribution in [1.82, 2.24) is 4.31 Å². The van der Waals surface area contributed by atoms with Crippen LogP contribution in [-0.2, 0) is 19.6 Å². The lowest BCUT2D eigenvalue weighted by atomic mass is 9.96. The Kier molecular flexibility index (Phi) is 4.15. The van der Waals surface area contributed by atoms with Crippen LogP contribution < -0.4 is 0 Å². The van der Waals surface area contributed by atoms with Gasteiger partial charge >= 0.3 is 0 Å². The Morgan fingerprint density at radius 2 is 1.80 bits per heavy atom. The van der Waals surface area contributed by atoms with Crippen LogP contribution in [0.3, 0.4) is 0 Å². The molecule has 3 rings (SSSR count). The van der Waals surface area contributed by atoms with Gasteiger partial charge < -0.3 is 4.74 Å². The average molecular weight is 301 g/mol. The predicted octanol–water partition coefficient (Wildman–Crippen LogP) is 1.33. The molecule has 0 aromatic heterocycles. The summed E-state index contributed by atoms with van der Waals surface area (Å²) in [6, 6.07) is -0.0714. The number of sulfonamides is 1. The topological polar surface area (TPSA) is 63.7 Å². The number of rotatable bonds is 3. The summed E-state index contributed by atoms with van der Waals surface area (Å²) in [6.45, 7) is 1.66. The van der Waals surface area contributed by atoms with Gasteiger partial charge in [-0.25, -0.2) is 8.42 Å². The number of ether oxygens (including phenoxy) is 1. The molecule has 2 heterocycles. The molecule has 2 atom stereocenters. The van der Waals surface area contributed by atoms with Crippen molar-refractivity contribution in [2.24, 2.45) is 5.92 Å². The quantitative estimate of drug-likeness (QED) is 0.789. The molecule has 0 bridgehead atoms. The lowest BCUT2D eigenvalue weighted by Crippen LogP contribution is -2.47. The molecule has 6 heteroatoms. The second-order valence-corrected chi connectivity index (χ2v) is 8.31. The predicted molar refractivity (Wildman–Crippen MR) is 74.8 cm³/mol. The largest absolute Gasteiger partial charge is 0.381 e. The minimum Gasteiger partial charge on any atom is -0.381 e. The van der Waals surface area contributed by atoms with Crippen molar-refractivity contribution in [3.63, 3.8) is 0 Å². The molecule has 3 aliphatic rings. The van der Waals surface area contributed by atoms with Crippen LogP contribution in [0.4, 0.5) is 0 Å². The highest BCUT2D eigenvalue weighted by Gasteiger charge is 2.45. The number of carbonyl (C=O) groups is 1. The summed E-state index contributed by atoms with van der Waals surface area (Å²) < 4.78 is 32.6. The molecule has 0 aromatic carbocycles. The Balaban J connectivity index is 1.78. The second kappa shape index (κ2) is 5.73. The van der Waals surface area contributed by atoms with Crippen molar-refractivity contribution in [2.45, 2.75) is 56.2 Å². The van der Waals surface area contributed by atoms with E-state index in [1.54, 1.807) is 4.31 Å². The van der Waals surface area contributed by atoms with Crippen LogP contribution in [0, 0.1) is 5.92 Å². The van der Waals surface area contributed by atoms with E-state index in [4.69, 9.17) is 4.74 Å². The maximum Gasteiger partial charge on any atom is 0.217 e. The summed E-state index contributed by atoms with van der Waals surface area (Å²) in [5, 5.41) is -0.312. The summed E-state index contributed by atoms with van der Waals surface area (Å²) in [7, 11) is -3.27. The molecule has 2 unspecified atom stereocenters. The first-order valence-electron chi connectivity index (χ1n) is 7.72. The Labute approximate surface area is 120 Å². The van der Waals surface area contributed by atoms with Gasteiger partial charge in [0.25, 0.3) is 0 Å². The SMILES string of the molecule is O=C1CCCC1C1CCCN1S(=O)(=O)C1CCOCC1. The molecule has 3 fully saturated rings. The van der Waals surface area contributed by atoms with E-state index < -0.39 is 10.0 Å². The van der Waals surface area contributed by atoms with E-state index in [1.807, 2.05) is 0 Å². The fourth-order valence-electron chi connectivity index (χ4n) is 3.90. The van der Waals surface area contributed by atoms with E-state index in [0.717, 1.165) is 25.7 Å². The molecular weight excluding hydrogens is 278 g/mol. The first-order valence-corrected chi connectivity index (χ1v) is 9.22. The zero-order valence-electron chi connectivity index (χ0n) is 11.8. The van der Waals surface area contributed by atoms with Gasteiger partial charge in [0.2, 0.25) is 10.0 Å². The standard InChI is InChI=1S/C14H23NO4S/c16-14-5-1-3-12(14)13-4-2-8-15(13)20(17,18)11-6-9-19-10-7-11/h11-13H,1-10H2. The summed E-state index contributed by atoms with van der Waals surface area (Å²) in [5.41, 5.74) is 0. The summed E-state index contributed by atoms with van der Waals surface area (Å²) in [4.78, 5) is 12.0. The monoisotopic (exact) mass is 301 g/mol. The van der Waals surface area contributed by atoms with E-state index in [1.165, 1.54) is 0 Å². The molecule has 0 amide bonds. The van der Waals surface area contributed by atoms with Crippen LogP contribution in [0.15, 0.2) is 0 Å². The van der Waals surface area contributed by atoms with E-state index in [2.05, 4.69) is 0 Å². The normalized spacial score (nSPS) is 33.9. The smallest absolute Gasteiger partial charge is 0.217 e. The number of ketones is 1. The number of carbonyl (C=O) groups excluding carboxylic acids is 1. The molecule has 2 saturated heterocycles. The van der Waals surface area contributed by atoms with E-state index in [0.29, 0.717) is 39.0 Å². The van der Waals surface area contributed by atoms with Gasteiger partial charge in [0.1, 0.15) is 5.78 Å². The van der Waals surface area contributed by atoms with Crippen LogP contribution in [-0.4, -0.2) is 49.6 Å². The van der Waals surface area contributed by atoms with Gasteiger partial charge in [-0.05, 0) is 38.5 Å². The third kappa shape index (κ3) is 2.53. The minimum atomic E-state index is -3.27. The molecule has 2 aliphatic heterocycles. The summed E-state index contributed by atoms with van der Waals surface area (Å²) >= 11 is 0. The number of nitrogens with zero attached hydrogens (tertiary/aromatic N) is 1. The van der Waals surface area contributed by atoms with E-state index in [9.17, 15) is 13.2 Å². The van der Waals surface area contributed by atoms with Crippen molar-refractivity contribution in [3.8, 4) is 0 Å². The van der Waals surface area contributed by atoms with Crippen molar-refractivity contribution in [2.75, 3.05) is 19.8 Å². The van der Waals surface area contributed by atoms with E-state index >= 15 is 0 Å². The Bertz CT molecular complexity index is 470. The Morgan fingerprint density at radius 3 is 2.45 bits per heavy atom. The van der Waals surface area contributed by atoms with Crippen molar-refractivity contribution >= 4 is 15.8 Å². The lowest BCUT2D eigenvalue weighted by molar-refractivity contribution is -0.121. The Morgan fingerprint density at radius 1 is 1.05 bits per heavy atom. The minimum absolute atomic E-state index is 0.0490. The second-order valence-electron chi connectivity index (χ2n) is 6.14. The molecule has 0 radical (unpaired) electrons. The van der Waals surface area contributed by atoms with Crippen LogP contribution >= 0.6 is 0 Å². The van der Waals surface area contributed by atoms with Gasteiger partial charge in [-0.1, -0.05) is 0 Å². The molecular formula is C14H23NO4S. The van der Waals surface area contributed by atoms with Crippen molar-refractivity contribution < 1.29 is 17.9 Å². The van der Waals surface area contributed by atoms with Gasteiger partial charge in [-0.2, -0.15) is 4.31 Å². The fraction of sp³-hybridized carbons (Fsp3) is 0.929. The molecule has 20 heavy (non-hydrogen) atoms. The lowest BCUT2D eigenvalue weighted by Gasteiger charge is -2.32. The number of hydrogen-bond acceptors (Lipinski definition) is 4. The van der Waals surface area contributed by atoms with Gasteiger partial charge in [0, 0.05) is 38.1 Å². The molecule has 0 aromatic rings.